The van der Waals surface area contributed by atoms with Crippen LogP contribution in [0.15, 0.2) is 52.9 Å². The third kappa shape index (κ3) is 4.81. The maximum atomic E-state index is 11.4. The molecule has 1 N–H and O–H groups in total. The summed E-state index contributed by atoms with van der Waals surface area (Å²) in [6, 6.07) is 11.7. The molecule has 1 atom stereocenters. The van der Waals surface area contributed by atoms with Crippen molar-refractivity contribution in [3.63, 3.8) is 0 Å². The van der Waals surface area contributed by atoms with Gasteiger partial charge in [0.25, 0.3) is 0 Å². The lowest BCUT2D eigenvalue weighted by molar-refractivity contribution is 0.410. The van der Waals surface area contributed by atoms with Crippen molar-refractivity contribution >= 4 is 44.8 Å². The molecule has 3 nitrogen and oxygen atoms in total. The molecule has 23 heavy (non-hydrogen) atoms. The first-order valence-electron chi connectivity index (χ1n) is 6.95. The number of hydrogen-bond acceptors (Lipinski definition) is 2. The van der Waals surface area contributed by atoms with Crippen molar-refractivity contribution in [3.05, 3.63) is 69.5 Å². The second-order valence-electron chi connectivity index (χ2n) is 4.87. The SMILES string of the molecule is C=CS(=O)Nc1ccc(C=Cc2cc(Br)cc(C)c2OC)cc1. The first-order valence-corrected chi connectivity index (χ1v) is 8.96. The lowest BCUT2D eigenvalue weighted by Gasteiger charge is -2.09. The van der Waals surface area contributed by atoms with E-state index < -0.39 is 11.0 Å². The molecule has 2 aromatic carbocycles. The summed E-state index contributed by atoms with van der Waals surface area (Å²) in [7, 11) is 0.421. The predicted molar refractivity (Wildman–Crippen MR) is 103 cm³/mol. The second kappa shape index (κ2) is 8.13. The van der Waals surface area contributed by atoms with Crippen LogP contribution in [0.4, 0.5) is 5.69 Å². The number of rotatable bonds is 6. The summed E-state index contributed by atoms with van der Waals surface area (Å²) in [5, 5.41) is 1.36. The van der Waals surface area contributed by atoms with Crippen LogP contribution in [-0.4, -0.2) is 11.3 Å². The van der Waals surface area contributed by atoms with Crippen LogP contribution in [-0.2, 0) is 11.0 Å². The zero-order valence-electron chi connectivity index (χ0n) is 13.0. The van der Waals surface area contributed by atoms with Gasteiger partial charge in [-0.25, -0.2) is 4.21 Å². The van der Waals surface area contributed by atoms with Gasteiger partial charge in [-0.3, -0.25) is 0 Å². The highest BCUT2D eigenvalue weighted by atomic mass is 79.9. The summed E-state index contributed by atoms with van der Waals surface area (Å²) in [4.78, 5) is 0. The highest BCUT2D eigenvalue weighted by Crippen LogP contribution is 2.29. The molecule has 0 heterocycles. The van der Waals surface area contributed by atoms with Gasteiger partial charge in [0.2, 0.25) is 0 Å². The third-order valence-electron chi connectivity index (χ3n) is 3.21. The van der Waals surface area contributed by atoms with Crippen molar-refractivity contribution in [2.75, 3.05) is 11.8 Å². The molecule has 0 fully saturated rings. The molecular weight excluding hydrogens is 374 g/mol. The number of methoxy groups -OCH3 is 1. The number of anilines is 1. The Morgan fingerprint density at radius 2 is 1.91 bits per heavy atom. The Balaban J connectivity index is 2.20. The van der Waals surface area contributed by atoms with Crippen molar-refractivity contribution < 1.29 is 8.95 Å². The van der Waals surface area contributed by atoms with Gasteiger partial charge in [0.05, 0.1) is 7.11 Å². The summed E-state index contributed by atoms with van der Waals surface area (Å²) >= 11 is 3.51. The molecule has 2 rings (SSSR count). The Hall–Kier alpha value is -1.85. The predicted octanol–water partition coefficient (Wildman–Crippen LogP) is 5.16. The summed E-state index contributed by atoms with van der Waals surface area (Å²) in [5.41, 5.74) is 3.91. The van der Waals surface area contributed by atoms with E-state index in [1.54, 1.807) is 7.11 Å². The molecule has 0 amide bonds. The molecule has 1 unspecified atom stereocenters. The van der Waals surface area contributed by atoms with Crippen molar-refractivity contribution in [1.82, 2.24) is 0 Å². The Morgan fingerprint density at radius 3 is 2.52 bits per heavy atom. The van der Waals surface area contributed by atoms with Crippen molar-refractivity contribution in [1.29, 1.82) is 0 Å². The number of halogens is 1. The van der Waals surface area contributed by atoms with Gasteiger partial charge in [-0.2, -0.15) is 0 Å². The fourth-order valence-corrected chi connectivity index (χ4v) is 3.21. The van der Waals surface area contributed by atoms with E-state index in [0.717, 1.165) is 32.6 Å². The second-order valence-corrected chi connectivity index (χ2v) is 6.91. The zero-order valence-corrected chi connectivity index (χ0v) is 15.4. The normalized spacial score (nSPS) is 12.1. The Labute approximate surface area is 147 Å². The molecule has 0 aliphatic heterocycles. The first kappa shape index (κ1) is 17.5. The highest BCUT2D eigenvalue weighted by Gasteiger charge is 2.05. The molecule has 0 spiro atoms. The topological polar surface area (TPSA) is 38.3 Å². The number of hydrogen-bond donors (Lipinski definition) is 1. The van der Waals surface area contributed by atoms with Crippen LogP contribution in [0.3, 0.4) is 0 Å². The van der Waals surface area contributed by atoms with Crippen molar-refractivity contribution in [3.8, 4) is 5.75 Å². The average molecular weight is 392 g/mol. The molecule has 5 heteroatoms. The zero-order chi connectivity index (χ0) is 16.8. The van der Waals surface area contributed by atoms with Gasteiger partial charge < -0.3 is 9.46 Å². The van der Waals surface area contributed by atoms with Gasteiger partial charge in [0, 0.05) is 21.1 Å². The Kier molecular flexibility index (Phi) is 6.19. The Bertz CT molecular complexity index is 754. The van der Waals surface area contributed by atoms with E-state index in [1.165, 1.54) is 5.41 Å². The van der Waals surface area contributed by atoms with Crippen LogP contribution in [0.25, 0.3) is 12.2 Å². The maximum Gasteiger partial charge on any atom is 0.142 e. The highest BCUT2D eigenvalue weighted by molar-refractivity contribution is 9.10. The molecular formula is C18H18BrNO2S. The van der Waals surface area contributed by atoms with Gasteiger partial charge in [-0.15, -0.1) is 0 Å². The van der Waals surface area contributed by atoms with Gasteiger partial charge in [0.1, 0.15) is 16.7 Å². The Morgan fingerprint density at radius 1 is 1.22 bits per heavy atom. The van der Waals surface area contributed by atoms with E-state index in [0.29, 0.717) is 0 Å². The molecule has 0 saturated heterocycles. The molecule has 0 aliphatic carbocycles. The molecule has 0 radical (unpaired) electrons. The van der Waals surface area contributed by atoms with Crippen LogP contribution >= 0.6 is 15.9 Å². The summed E-state index contributed by atoms with van der Waals surface area (Å²) in [6.45, 7) is 5.49. The van der Waals surface area contributed by atoms with Gasteiger partial charge >= 0.3 is 0 Å². The van der Waals surface area contributed by atoms with Crippen LogP contribution in [0.5, 0.6) is 5.75 Å². The van der Waals surface area contributed by atoms with E-state index in [-0.39, 0.29) is 0 Å². The van der Waals surface area contributed by atoms with Gasteiger partial charge in [-0.1, -0.05) is 46.8 Å². The number of aryl methyl sites for hydroxylation is 1. The minimum atomic E-state index is -1.25. The minimum absolute atomic E-state index is 0.788. The fourth-order valence-electron chi connectivity index (χ4n) is 2.16. The smallest absolute Gasteiger partial charge is 0.142 e. The molecule has 0 aromatic heterocycles. The fraction of sp³-hybridized carbons (Fsp3) is 0.111. The van der Waals surface area contributed by atoms with Crippen LogP contribution in [0.2, 0.25) is 0 Å². The van der Waals surface area contributed by atoms with E-state index in [4.69, 9.17) is 4.74 Å². The molecule has 120 valence electrons. The lowest BCUT2D eigenvalue weighted by Crippen LogP contribution is -1.99. The largest absolute Gasteiger partial charge is 0.496 e. The van der Waals surface area contributed by atoms with Gasteiger partial charge in [0.15, 0.2) is 0 Å². The van der Waals surface area contributed by atoms with E-state index in [1.807, 2.05) is 55.5 Å². The molecule has 2 aromatic rings. The van der Waals surface area contributed by atoms with Gasteiger partial charge in [-0.05, 0) is 42.3 Å². The monoisotopic (exact) mass is 391 g/mol. The number of nitrogens with one attached hydrogen (secondary N) is 1. The van der Waals surface area contributed by atoms with E-state index >= 15 is 0 Å². The standard InChI is InChI=1S/C18H18BrNO2S/c1-4-23(21)20-17-9-6-14(7-10-17)5-8-15-12-16(19)11-13(2)18(15)22-3/h4-12,20H,1H2,2-3H3. The molecule has 0 aliphatic rings. The van der Waals surface area contributed by atoms with Crippen LogP contribution in [0.1, 0.15) is 16.7 Å². The quantitative estimate of drug-likeness (QED) is 0.690. The summed E-state index contributed by atoms with van der Waals surface area (Å²) in [6.07, 6.45) is 4.03. The third-order valence-corrected chi connectivity index (χ3v) is 4.41. The number of ether oxygens (including phenoxy) is 1. The maximum absolute atomic E-state index is 11.4. The molecule has 0 bridgehead atoms. The molecule has 0 saturated carbocycles. The first-order chi connectivity index (χ1) is 11.0. The van der Waals surface area contributed by atoms with E-state index in [9.17, 15) is 4.21 Å². The van der Waals surface area contributed by atoms with E-state index in [2.05, 4.69) is 27.2 Å². The number of benzene rings is 2. The van der Waals surface area contributed by atoms with Crippen LogP contribution in [0, 0.1) is 6.92 Å². The summed E-state index contributed by atoms with van der Waals surface area (Å²) < 4.78 is 20.7. The van der Waals surface area contributed by atoms with Crippen LogP contribution < -0.4 is 9.46 Å². The average Bonchev–Trinajstić information content (AvgIpc) is 2.53. The minimum Gasteiger partial charge on any atom is -0.496 e. The van der Waals surface area contributed by atoms with Crippen molar-refractivity contribution in [2.45, 2.75) is 6.92 Å². The van der Waals surface area contributed by atoms with Crippen molar-refractivity contribution in [2.24, 2.45) is 0 Å². The summed E-state index contributed by atoms with van der Waals surface area (Å²) in [5.74, 6) is 0.865. The lowest BCUT2D eigenvalue weighted by atomic mass is 10.1.